The molecule has 1 amide bonds. The topological polar surface area (TPSA) is 58.6 Å². The van der Waals surface area contributed by atoms with Crippen LogP contribution >= 0.6 is 23.4 Å². The zero-order valence-corrected chi connectivity index (χ0v) is 11.4. The number of nitrogens with one attached hydrogen (secondary N) is 1. The summed E-state index contributed by atoms with van der Waals surface area (Å²) in [5.74, 6) is 0.951. The number of fused-ring (bicyclic) bond motifs is 1. The van der Waals surface area contributed by atoms with Gasteiger partial charge in [0.1, 0.15) is 17.7 Å². The molecule has 0 saturated carbocycles. The highest BCUT2D eigenvalue weighted by Gasteiger charge is 2.29. The molecule has 1 heterocycles. The van der Waals surface area contributed by atoms with Gasteiger partial charge in [0.05, 0.1) is 13.2 Å². The van der Waals surface area contributed by atoms with Crippen LogP contribution in [0.25, 0.3) is 0 Å². The first-order valence-electron chi connectivity index (χ1n) is 5.50. The predicted octanol–water partition coefficient (Wildman–Crippen LogP) is 1.56. The number of ether oxygens (including phenoxy) is 1. The van der Waals surface area contributed by atoms with Crippen LogP contribution in [0.4, 0.5) is 0 Å². The number of carbonyl (C=O) groups is 1. The molecule has 4 nitrogen and oxygen atoms in total. The lowest BCUT2D eigenvalue weighted by Gasteiger charge is -2.30. The predicted molar refractivity (Wildman–Crippen MR) is 71.3 cm³/mol. The SMILES string of the molecule is COc1ccc2c(c1)[C@H](O)[C@@H](NC(=O)CCl)CS2. The highest BCUT2D eigenvalue weighted by molar-refractivity contribution is 7.99. The van der Waals surface area contributed by atoms with Crippen LogP contribution in [0.1, 0.15) is 11.7 Å². The van der Waals surface area contributed by atoms with Crippen molar-refractivity contribution >= 4 is 29.3 Å². The summed E-state index contributed by atoms with van der Waals surface area (Å²) in [5.41, 5.74) is 0.783. The van der Waals surface area contributed by atoms with Crippen molar-refractivity contribution in [3.05, 3.63) is 23.8 Å². The summed E-state index contributed by atoms with van der Waals surface area (Å²) in [5, 5.41) is 13.0. The molecule has 0 saturated heterocycles. The third-order valence-corrected chi connectivity index (χ3v) is 4.25. The Morgan fingerprint density at radius 3 is 3.11 bits per heavy atom. The number of methoxy groups -OCH3 is 1. The van der Waals surface area contributed by atoms with E-state index < -0.39 is 6.10 Å². The average molecular weight is 288 g/mol. The van der Waals surface area contributed by atoms with Crippen LogP contribution in [0, 0.1) is 0 Å². The van der Waals surface area contributed by atoms with Gasteiger partial charge < -0.3 is 15.2 Å². The van der Waals surface area contributed by atoms with E-state index >= 15 is 0 Å². The molecule has 2 atom stereocenters. The van der Waals surface area contributed by atoms with Crippen LogP contribution < -0.4 is 10.1 Å². The van der Waals surface area contributed by atoms with E-state index in [1.165, 1.54) is 0 Å². The maximum Gasteiger partial charge on any atom is 0.235 e. The zero-order chi connectivity index (χ0) is 13.1. The van der Waals surface area contributed by atoms with E-state index in [-0.39, 0.29) is 17.8 Å². The molecule has 0 unspecified atom stereocenters. The second-order valence-corrected chi connectivity index (χ2v) is 5.30. The van der Waals surface area contributed by atoms with Gasteiger partial charge in [-0.15, -0.1) is 23.4 Å². The summed E-state index contributed by atoms with van der Waals surface area (Å²) in [6, 6.07) is 5.25. The molecular weight excluding hydrogens is 274 g/mol. The lowest BCUT2D eigenvalue weighted by atomic mass is 10.0. The number of hydrogen-bond donors (Lipinski definition) is 2. The van der Waals surface area contributed by atoms with Gasteiger partial charge in [-0.2, -0.15) is 0 Å². The number of halogens is 1. The smallest absolute Gasteiger partial charge is 0.235 e. The number of benzene rings is 1. The summed E-state index contributed by atoms with van der Waals surface area (Å²) in [6.07, 6.45) is -0.733. The van der Waals surface area contributed by atoms with E-state index in [1.54, 1.807) is 24.9 Å². The Bertz CT molecular complexity index is 455. The Labute approximate surface area is 115 Å². The molecule has 1 aliphatic heterocycles. The first-order chi connectivity index (χ1) is 8.65. The van der Waals surface area contributed by atoms with Gasteiger partial charge in [0, 0.05) is 10.6 Å². The summed E-state index contributed by atoms with van der Waals surface area (Å²) in [7, 11) is 1.58. The Hall–Kier alpha value is -0.910. The minimum absolute atomic E-state index is 0.0984. The van der Waals surface area contributed by atoms with E-state index in [4.69, 9.17) is 16.3 Å². The van der Waals surface area contributed by atoms with Crippen LogP contribution in [-0.4, -0.2) is 35.8 Å². The molecule has 0 radical (unpaired) electrons. The molecule has 0 aromatic heterocycles. The summed E-state index contributed by atoms with van der Waals surface area (Å²) in [4.78, 5) is 12.3. The minimum atomic E-state index is -0.733. The van der Waals surface area contributed by atoms with Crippen molar-refractivity contribution in [1.82, 2.24) is 5.32 Å². The minimum Gasteiger partial charge on any atom is -0.497 e. The molecule has 0 aliphatic carbocycles. The fourth-order valence-corrected chi connectivity index (χ4v) is 3.08. The molecule has 0 fully saturated rings. The first-order valence-corrected chi connectivity index (χ1v) is 7.02. The number of aliphatic hydroxyl groups excluding tert-OH is 1. The Kier molecular flexibility index (Phi) is 4.37. The molecule has 18 heavy (non-hydrogen) atoms. The van der Waals surface area contributed by atoms with Gasteiger partial charge in [-0.25, -0.2) is 0 Å². The van der Waals surface area contributed by atoms with Crippen molar-refractivity contribution in [1.29, 1.82) is 0 Å². The van der Waals surface area contributed by atoms with E-state index in [9.17, 15) is 9.90 Å². The normalized spacial score (nSPS) is 22.2. The zero-order valence-electron chi connectivity index (χ0n) is 9.85. The van der Waals surface area contributed by atoms with Crippen LogP contribution in [-0.2, 0) is 4.79 Å². The lowest BCUT2D eigenvalue weighted by Crippen LogP contribution is -2.43. The van der Waals surface area contributed by atoms with Gasteiger partial charge in [0.25, 0.3) is 0 Å². The third kappa shape index (κ3) is 2.74. The summed E-state index contributed by atoms with van der Waals surface area (Å²) < 4.78 is 5.14. The number of thioether (sulfide) groups is 1. The fourth-order valence-electron chi connectivity index (χ4n) is 1.87. The molecule has 98 valence electrons. The van der Waals surface area contributed by atoms with Crippen molar-refractivity contribution in [3.63, 3.8) is 0 Å². The second-order valence-electron chi connectivity index (χ2n) is 3.97. The molecule has 0 spiro atoms. The van der Waals surface area contributed by atoms with Gasteiger partial charge in [-0.3, -0.25) is 4.79 Å². The van der Waals surface area contributed by atoms with Crippen molar-refractivity contribution in [3.8, 4) is 5.75 Å². The molecule has 1 aliphatic rings. The molecule has 0 bridgehead atoms. The van der Waals surface area contributed by atoms with E-state index in [1.807, 2.05) is 12.1 Å². The first kappa shape index (κ1) is 13.5. The number of carbonyl (C=O) groups excluding carboxylic acids is 1. The molecule has 1 aromatic rings. The van der Waals surface area contributed by atoms with Crippen molar-refractivity contribution in [2.45, 2.75) is 17.0 Å². The van der Waals surface area contributed by atoms with Crippen molar-refractivity contribution in [2.75, 3.05) is 18.7 Å². The Morgan fingerprint density at radius 1 is 1.67 bits per heavy atom. The van der Waals surface area contributed by atoms with E-state index in [0.29, 0.717) is 11.5 Å². The standard InChI is InChI=1S/C12H14ClNO3S/c1-17-7-2-3-10-8(4-7)12(16)9(6-18-10)14-11(15)5-13/h2-4,9,12,16H,5-6H2,1H3,(H,14,15)/t9-,12-/m0/s1. The maximum absolute atomic E-state index is 11.3. The highest BCUT2D eigenvalue weighted by atomic mass is 35.5. The highest BCUT2D eigenvalue weighted by Crippen LogP contribution is 2.38. The van der Waals surface area contributed by atoms with Crippen molar-refractivity contribution in [2.24, 2.45) is 0 Å². The van der Waals surface area contributed by atoms with Gasteiger partial charge >= 0.3 is 0 Å². The Morgan fingerprint density at radius 2 is 2.44 bits per heavy atom. The average Bonchev–Trinajstić information content (AvgIpc) is 2.41. The Balaban J connectivity index is 2.20. The number of rotatable bonds is 3. The van der Waals surface area contributed by atoms with Crippen LogP contribution in [0.15, 0.2) is 23.1 Å². The molecule has 2 N–H and O–H groups in total. The van der Waals surface area contributed by atoms with Crippen LogP contribution in [0.5, 0.6) is 5.75 Å². The van der Waals surface area contributed by atoms with Gasteiger partial charge in [0.2, 0.25) is 5.91 Å². The molecular formula is C12H14ClNO3S. The molecule has 6 heteroatoms. The lowest BCUT2D eigenvalue weighted by molar-refractivity contribution is -0.120. The van der Waals surface area contributed by atoms with Gasteiger partial charge in [-0.05, 0) is 23.8 Å². The number of amides is 1. The summed E-state index contributed by atoms with van der Waals surface area (Å²) in [6.45, 7) is 0. The van der Waals surface area contributed by atoms with E-state index in [2.05, 4.69) is 5.32 Å². The second kappa shape index (κ2) is 5.82. The van der Waals surface area contributed by atoms with E-state index in [0.717, 1.165) is 10.5 Å². The van der Waals surface area contributed by atoms with Gasteiger partial charge in [0.15, 0.2) is 0 Å². The number of aliphatic hydroxyl groups is 1. The third-order valence-electron chi connectivity index (χ3n) is 2.80. The maximum atomic E-state index is 11.3. The monoisotopic (exact) mass is 287 g/mol. The van der Waals surface area contributed by atoms with Gasteiger partial charge in [-0.1, -0.05) is 0 Å². The van der Waals surface area contributed by atoms with Crippen molar-refractivity contribution < 1.29 is 14.6 Å². The quantitative estimate of drug-likeness (QED) is 0.829. The van der Waals surface area contributed by atoms with Crippen LogP contribution in [0.2, 0.25) is 0 Å². The fraction of sp³-hybridized carbons (Fsp3) is 0.417. The van der Waals surface area contributed by atoms with Crippen LogP contribution in [0.3, 0.4) is 0 Å². The summed E-state index contributed by atoms with van der Waals surface area (Å²) >= 11 is 7.05. The number of hydrogen-bond acceptors (Lipinski definition) is 4. The molecule has 1 aromatic carbocycles. The molecule has 2 rings (SSSR count). The number of alkyl halides is 1. The largest absolute Gasteiger partial charge is 0.497 e.